The Bertz CT molecular complexity index is 227. The molecular formula is C12H24N2O2. The fourth-order valence-corrected chi connectivity index (χ4v) is 1.52. The second kappa shape index (κ2) is 8.13. The van der Waals surface area contributed by atoms with Crippen LogP contribution in [0.25, 0.3) is 0 Å². The van der Waals surface area contributed by atoms with E-state index in [0.717, 1.165) is 12.8 Å². The van der Waals surface area contributed by atoms with Crippen molar-refractivity contribution >= 4 is 11.8 Å². The summed E-state index contributed by atoms with van der Waals surface area (Å²) >= 11 is 0. The SMILES string of the molecule is CCCCC(=O)NCCN(C(C)=O)C(C)C. The lowest BCUT2D eigenvalue weighted by Gasteiger charge is -2.25. The molecule has 4 heteroatoms. The number of hydrogen-bond donors (Lipinski definition) is 1. The van der Waals surface area contributed by atoms with Crippen LogP contribution in [0.2, 0.25) is 0 Å². The van der Waals surface area contributed by atoms with E-state index in [0.29, 0.717) is 19.5 Å². The van der Waals surface area contributed by atoms with E-state index in [2.05, 4.69) is 12.2 Å². The van der Waals surface area contributed by atoms with Gasteiger partial charge in [0.15, 0.2) is 0 Å². The molecule has 0 saturated carbocycles. The second-order valence-corrected chi connectivity index (χ2v) is 4.26. The van der Waals surface area contributed by atoms with Crippen LogP contribution in [0.4, 0.5) is 0 Å². The Morgan fingerprint density at radius 2 is 1.94 bits per heavy atom. The van der Waals surface area contributed by atoms with Gasteiger partial charge in [-0.3, -0.25) is 9.59 Å². The highest BCUT2D eigenvalue weighted by atomic mass is 16.2. The van der Waals surface area contributed by atoms with Crippen LogP contribution in [0, 0.1) is 0 Å². The summed E-state index contributed by atoms with van der Waals surface area (Å²) < 4.78 is 0. The van der Waals surface area contributed by atoms with E-state index < -0.39 is 0 Å². The van der Waals surface area contributed by atoms with Gasteiger partial charge in [-0.1, -0.05) is 13.3 Å². The molecular weight excluding hydrogens is 204 g/mol. The van der Waals surface area contributed by atoms with Crippen LogP contribution in [0.5, 0.6) is 0 Å². The zero-order valence-electron chi connectivity index (χ0n) is 10.9. The first-order valence-electron chi connectivity index (χ1n) is 6.03. The van der Waals surface area contributed by atoms with E-state index in [9.17, 15) is 9.59 Å². The highest BCUT2D eigenvalue weighted by Crippen LogP contribution is 1.98. The van der Waals surface area contributed by atoms with Gasteiger partial charge >= 0.3 is 0 Å². The summed E-state index contributed by atoms with van der Waals surface area (Å²) in [6.45, 7) is 8.69. The molecule has 4 nitrogen and oxygen atoms in total. The standard InChI is InChI=1S/C12H24N2O2/c1-5-6-7-12(16)13-8-9-14(10(2)3)11(4)15/h10H,5-9H2,1-4H3,(H,13,16). The topological polar surface area (TPSA) is 49.4 Å². The molecule has 0 saturated heterocycles. The van der Waals surface area contributed by atoms with Gasteiger partial charge in [-0.05, 0) is 20.3 Å². The number of carbonyl (C=O) groups excluding carboxylic acids is 2. The Hall–Kier alpha value is -1.06. The van der Waals surface area contributed by atoms with Crippen molar-refractivity contribution in [2.24, 2.45) is 0 Å². The van der Waals surface area contributed by atoms with Crippen molar-refractivity contribution in [3.8, 4) is 0 Å². The third-order valence-corrected chi connectivity index (χ3v) is 2.46. The van der Waals surface area contributed by atoms with Crippen molar-refractivity contribution in [3.05, 3.63) is 0 Å². The van der Waals surface area contributed by atoms with E-state index in [1.165, 1.54) is 0 Å². The number of rotatable bonds is 7. The predicted molar refractivity (Wildman–Crippen MR) is 65.1 cm³/mol. The summed E-state index contributed by atoms with van der Waals surface area (Å²) in [5.41, 5.74) is 0. The Kier molecular flexibility index (Phi) is 7.60. The van der Waals surface area contributed by atoms with Gasteiger partial charge in [0.05, 0.1) is 0 Å². The van der Waals surface area contributed by atoms with Gasteiger partial charge < -0.3 is 10.2 Å². The minimum absolute atomic E-state index is 0.0535. The van der Waals surface area contributed by atoms with Crippen LogP contribution in [-0.2, 0) is 9.59 Å². The van der Waals surface area contributed by atoms with E-state index >= 15 is 0 Å². The second-order valence-electron chi connectivity index (χ2n) is 4.26. The van der Waals surface area contributed by atoms with Crippen LogP contribution < -0.4 is 5.32 Å². The molecule has 0 atom stereocenters. The third kappa shape index (κ3) is 6.43. The van der Waals surface area contributed by atoms with E-state index in [1.54, 1.807) is 11.8 Å². The average molecular weight is 228 g/mol. The van der Waals surface area contributed by atoms with Crippen molar-refractivity contribution in [1.82, 2.24) is 10.2 Å². The Morgan fingerprint density at radius 3 is 2.38 bits per heavy atom. The molecule has 0 aliphatic rings. The zero-order valence-corrected chi connectivity index (χ0v) is 10.9. The zero-order chi connectivity index (χ0) is 12.6. The maximum Gasteiger partial charge on any atom is 0.220 e. The van der Waals surface area contributed by atoms with Gasteiger partial charge in [0.2, 0.25) is 11.8 Å². The average Bonchev–Trinajstić information content (AvgIpc) is 2.20. The maximum absolute atomic E-state index is 11.3. The lowest BCUT2D eigenvalue weighted by molar-refractivity contribution is -0.131. The molecule has 0 radical (unpaired) electrons. The fourth-order valence-electron chi connectivity index (χ4n) is 1.52. The van der Waals surface area contributed by atoms with Crippen LogP contribution >= 0.6 is 0 Å². The summed E-state index contributed by atoms with van der Waals surface area (Å²) in [6, 6.07) is 0.185. The van der Waals surface area contributed by atoms with Crippen LogP contribution in [0.1, 0.15) is 47.0 Å². The molecule has 0 heterocycles. The number of amides is 2. The summed E-state index contributed by atoms with van der Waals surface area (Å²) in [7, 11) is 0. The summed E-state index contributed by atoms with van der Waals surface area (Å²) in [6.07, 6.45) is 2.53. The third-order valence-electron chi connectivity index (χ3n) is 2.46. The van der Waals surface area contributed by atoms with Gasteiger partial charge in [0.25, 0.3) is 0 Å². The van der Waals surface area contributed by atoms with Gasteiger partial charge in [-0.25, -0.2) is 0 Å². The monoisotopic (exact) mass is 228 g/mol. The molecule has 2 amide bonds. The van der Waals surface area contributed by atoms with Crippen LogP contribution in [-0.4, -0.2) is 35.8 Å². The summed E-state index contributed by atoms with van der Waals surface area (Å²) in [4.78, 5) is 24.3. The normalized spacial score (nSPS) is 10.3. The summed E-state index contributed by atoms with van der Waals surface area (Å²) in [5.74, 6) is 0.131. The molecule has 1 N–H and O–H groups in total. The van der Waals surface area contributed by atoms with E-state index in [4.69, 9.17) is 0 Å². The van der Waals surface area contributed by atoms with Crippen molar-refractivity contribution in [2.45, 2.75) is 53.0 Å². The molecule has 0 aromatic rings. The molecule has 0 spiro atoms. The molecule has 0 bridgehead atoms. The van der Waals surface area contributed by atoms with Gasteiger partial charge in [0.1, 0.15) is 0 Å². The molecule has 0 rings (SSSR count). The maximum atomic E-state index is 11.3. The van der Waals surface area contributed by atoms with Crippen molar-refractivity contribution in [3.63, 3.8) is 0 Å². The first-order chi connectivity index (χ1) is 7.49. The predicted octanol–water partition coefficient (Wildman–Crippen LogP) is 1.55. The Morgan fingerprint density at radius 1 is 1.31 bits per heavy atom. The lowest BCUT2D eigenvalue weighted by atomic mass is 10.2. The van der Waals surface area contributed by atoms with Crippen LogP contribution in [0.3, 0.4) is 0 Å². The van der Waals surface area contributed by atoms with Gasteiger partial charge in [-0.15, -0.1) is 0 Å². The first-order valence-corrected chi connectivity index (χ1v) is 6.03. The van der Waals surface area contributed by atoms with Gasteiger partial charge in [0, 0.05) is 32.5 Å². The molecule has 0 aliphatic carbocycles. The molecule has 16 heavy (non-hydrogen) atoms. The number of carbonyl (C=O) groups is 2. The molecule has 0 aliphatic heterocycles. The number of unbranched alkanes of at least 4 members (excludes halogenated alkanes) is 1. The first kappa shape index (κ1) is 14.9. The number of nitrogens with zero attached hydrogens (tertiary/aromatic N) is 1. The number of nitrogens with one attached hydrogen (secondary N) is 1. The number of hydrogen-bond acceptors (Lipinski definition) is 2. The molecule has 0 unspecified atom stereocenters. The molecule has 0 aromatic heterocycles. The smallest absolute Gasteiger partial charge is 0.220 e. The van der Waals surface area contributed by atoms with E-state index in [1.807, 2.05) is 13.8 Å². The quantitative estimate of drug-likeness (QED) is 0.718. The van der Waals surface area contributed by atoms with E-state index in [-0.39, 0.29) is 17.9 Å². The molecule has 94 valence electrons. The highest BCUT2D eigenvalue weighted by Gasteiger charge is 2.12. The lowest BCUT2D eigenvalue weighted by Crippen LogP contribution is -2.41. The van der Waals surface area contributed by atoms with Crippen molar-refractivity contribution in [1.29, 1.82) is 0 Å². The largest absolute Gasteiger partial charge is 0.354 e. The van der Waals surface area contributed by atoms with Gasteiger partial charge in [-0.2, -0.15) is 0 Å². The Labute approximate surface area is 98.4 Å². The minimum atomic E-state index is 0.0535. The molecule has 0 fully saturated rings. The van der Waals surface area contributed by atoms with Crippen LogP contribution in [0.15, 0.2) is 0 Å². The summed E-state index contributed by atoms with van der Waals surface area (Å²) in [5, 5.41) is 2.82. The highest BCUT2D eigenvalue weighted by molar-refractivity contribution is 5.76. The minimum Gasteiger partial charge on any atom is -0.354 e. The molecule has 0 aromatic carbocycles. The van der Waals surface area contributed by atoms with Crippen molar-refractivity contribution < 1.29 is 9.59 Å². The van der Waals surface area contributed by atoms with Crippen molar-refractivity contribution in [2.75, 3.05) is 13.1 Å². The Balaban J connectivity index is 3.78. The fraction of sp³-hybridized carbons (Fsp3) is 0.833.